The Balaban J connectivity index is 1.67. The molecule has 0 radical (unpaired) electrons. The van der Waals surface area contributed by atoms with Crippen LogP contribution in [0.15, 0.2) is 12.1 Å². The molecule has 6 heteroatoms. The van der Waals surface area contributed by atoms with Gasteiger partial charge in [0.1, 0.15) is 0 Å². The molecule has 0 bridgehead atoms. The molecule has 1 aromatic rings. The maximum absolute atomic E-state index is 15.1. The molecule has 3 nitrogen and oxygen atoms in total. The second-order valence-corrected chi connectivity index (χ2v) is 11.1. The highest BCUT2D eigenvalue weighted by atomic mass is 19.2. The largest absolute Gasteiger partial charge is 0.481 e. The number of rotatable bonds is 8. The van der Waals surface area contributed by atoms with Crippen molar-refractivity contribution in [1.29, 1.82) is 0 Å². The van der Waals surface area contributed by atoms with Crippen molar-refractivity contribution in [2.24, 2.45) is 17.8 Å². The second kappa shape index (κ2) is 11.9. The maximum Gasteiger partial charge on any atom is 0.303 e. The summed E-state index contributed by atoms with van der Waals surface area (Å²) in [4.78, 5) is 14.3. The Bertz CT molecular complexity index is 800. The number of benzene rings is 1. The molecule has 3 aliphatic rings. The monoisotopic (exact) mass is 479 g/mol. The lowest BCUT2D eigenvalue weighted by molar-refractivity contribution is -0.138. The maximum atomic E-state index is 15.1. The number of nitrogens with zero attached hydrogens (tertiary/aromatic N) is 1. The highest BCUT2D eigenvalue weighted by Crippen LogP contribution is 2.45. The topological polar surface area (TPSA) is 40.5 Å². The van der Waals surface area contributed by atoms with Crippen LogP contribution in [0.4, 0.5) is 13.2 Å². The Morgan fingerprint density at radius 3 is 1.94 bits per heavy atom. The Morgan fingerprint density at radius 1 is 0.794 bits per heavy atom. The highest BCUT2D eigenvalue weighted by molar-refractivity contribution is 5.67. The van der Waals surface area contributed by atoms with Gasteiger partial charge in [0.15, 0.2) is 17.5 Å². The van der Waals surface area contributed by atoms with Crippen molar-refractivity contribution >= 4 is 5.97 Å². The Kier molecular flexibility index (Phi) is 8.95. The summed E-state index contributed by atoms with van der Waals surface area (Å²) in [5, 5.41) is 9.60. The van der Waals surface area contributed by atoms with E-state index < -0.39 is 29.3 Å². The predicted molar refractivity (Wildman–Crippen MR) is 127 cm³/mol. The molecule has 3 atom stereocenters. The van der Waals surface area contributed by atoms with Gasteiger partial charge in [0.2, 0.25) is 0 Å². The van der Waals surface area contributed by atoms with Crippen LogP contribution in [-0.4, -0.2) is 35.1 Å². The van der Waals surface area contributed by atoms with E-state index in [4.69, 9.17) is 0 Å². The molecule has 34 heavy (non-hydrogen) atoms. The van der Waals surface area contributed by atoms with Crippen LogP contribution in [0.3, 0.4) is 0 Å². The summed E-state index contributed by atoms with van der Waals surface area (Å²) in [5.41, 5.74) is 0.159. The second-order valence-electron chi connectivity index (χ2n) is 11.1. The lowest BCUT2D eigenvalue weighted by Gasteiger charge is -2.47. The van der Waals surface area contributed by atoms with E-state index in [1.54, 1.807) is 0 Å². The number of hydrogen-bond acceptors (Lipinski definition) is 2. The molecule has 3 fully saturated rings. The first kappa shape index (κ1) is 25.5. The third kappa shape index (κ3) is 6.16. The molecule has 1 aromatic carbocycles. The van der Waals surface area contributed by atoms with Gasteiger partial charge in [-0.25, -0.2) is 13.2 Å². The molecular weight excluding hydrogens is 439 g/mol. The van der Waals surface area contributed by atoms with Gasteiger partial charge >= 0.3 is 5.97 Å². The van der Waals surface area contributed by atoms with E-state index in [2.05, 4.69) is 4.90 Å². The summed E-state index contributed by atoms with van der Waals surface area (Å²) < 4.78 is 43.2. The molecule has 0 aliphatic heterocycles. The molecule has 4 rings (SSSR count). The Labute approximate surface area is 202 Å². The zero-order valence-corrected chi connectivity index (χ0v) is 20.3. The summed E-state index contributed by atoms with van der Waals surface area (Å²) in [7, 11) is 0. The van der Waals surface area contributed by atoms with E-state index in [1.165, 1.54) is 70.3 Å². The number of carbonyl (C=O) groups is 1. The average Bonchev–Trinajstić information content (AvgIpc) is 2.83. The van der Waals surface area contributed by atoms with Crippen molar-refractivity contribution in [3.8, 4) is 0 Å². The lowest BCUT2D eigenvalue weighted by Crippen LogP contribution is -2.49. The molecule has 0 heterocycles. The first-order valence-corrected chi connectivity index (χ1v) is 13.5. The minimum absolute atomic E-state index is 0.0404. The van der Waals surface area contributed by atoms with Crippen molar-refractivity contribution in [3.05, 3.63) is 35.1 Å². The molecule has 190 valence electrons. The summed E-state index contributed by atoms with van der Waals surface area (Å²) in [6, 6.07) is 2.33. The van der Waals surface area contributed by atoms with Gasteiger partial charge in [-0.1, -0.05) is 51.0 Å². The van der Waals surface area contributed by atoms with Crippen molar-refractivity contribution in [2.45, 2.75) is 102 Å². The van der Waals surface area contributed by atoms with Crippen LogP contribution in [0, 0.1) is 35.2 Å². The highest BCUT2D eigenvalue weighted by Gasteiger charge is 2.41. The van der Waals surface area contributed by atoms with Crippen LogP contribution >= 0.6 is 0 Å². The normalized spacial score (nSPS) is 27.2. The number of aliphatic carboxylic acids is 1. The van der Waals surface area contributed by atoms with E-state index in [0.29, 0.717) is 18.3 Å². The molecule has 3 aliphatic carbocycles. The van der Waals surface area contributed by atoms with Crippen molar-refractivity contribution in [3.63, 3.8) is 0 Å². The van der Waals surface area contributed by atoms with E-state index in [9.17, 15) is 18.7 Å². The van der Waals surface area contributed by atoms with Crippen LogP contribution < -0.4 is 0 Å². The van der Waals surface area contributed by atoms with Crippen LogP contribution in [0.2, 0.25) is 0 Å². The lowest BCUT2D eigenvalue weighted by atomic mass is 9.69. The van der Waals surface area contributed by atoms with Crippen LogP contribution in [0.25, 0.3) is 0 Å². The number of carboxylic acids is 1. The zero-order chi connectivity index (χ0) is 24.1. The molecule has 0 saturated heterocycles. The van der Waals surface area contributed by atoms with Crippen LogP contribution in [0.1, 0.15) is 101 Å². The molecule has 0 amide bonds. The minimum Gasteiger partial charge on any atom is -0.481 e. The van der Waals surface area contributed by atoms with Gasteiger partial charge in [-0.2, -0.15) is 0 Å². The fourth-order valence-electron chi connectivity index (χ4n) is 7.13. The first-order chi connectivity index (χ1) is 16.4. The predicted octanol–water partition coefficient (Wildman–Crippen LogP) is 7.29. The molecular formula is C28H40F3NO2. The number of halogens is 3. The summed E-state index contributed by atoms with van der Waals surface area (Å²) >= 11 is 0. The first-order valence-electron chi connectivity index (χ1n) is 13.5. The van der Waals surface area contributed by atoms with Gasteiger partial charge in [0.05, 0.1) is 0 Å². The van der Waals surface area contributed by atoms with E-state index >= 15 is 4.39 Å². The summed E-state index contributed by atoms with van der Waals surface area (Å²) in [6.07, 6.45) is 14.7. The zero-order valence-electron chi connectivity index (χ0n) is 20.3. The molecule has 0 spiro atoms. The summed E-state index contributed by atoms with van der Waals surface area (Å²) in [6.45, 7) is 1.89. The van der Waals surface area contributed by atoms with Gasteiger partial charge < -0.3 is 5.11 Å². The smallest absolute Gasteiger partial charge is 0.303 e. The third-order valence-corrected chi connectivity index (χ3v) is 8.76. The van der Waals surface area contributed by atoms with Crippen molar-refractivity contribution in [1.82, 2.24) is 4.90 Å². The van der Waals surface area contributed by atoms with Crippen LogP contribution in [0.5, 0.6) is 0 Å². The minimum atomic E-state index is -1.44. The van der Waals surface area contributed by atoms with Crippen molar-refractivity contribution < 1.29 is 23.1 Å². The quantitative estimate of drug-likeness (QED) is 0.398. The molecule has 0 aromatic heterocycles. The van der Waals surface area contributed by atoms with Gasteiger partial charge in [-0.15, -0.1) is 0 Å². The SMILES string of the molecule is O=C(O)CC1CCCC(N(CC2CCCCC2)CC2CCCCC2)C1c1ccc(F)c(F)c1F. The van der Waals surface area contributed by atoms with Gasteiger partial charge in [0.25, 0.3) is 0 Å². The van der Waals surface area contributed by atoms with Gasteiger partial charge in [-0.05, 0) is 67.9 Å². The number of carboxylic acid groups (broad SMARTS) is 1. The third-order valence-electron chi connectivity index (χ3n) is 8.76. The Morgan fingerprint density at radius 2 is 1.38 bits per heavy atom. The molecule has 3 unspecified atom stereocenters. The van der Waals surface area contributed by atoms with Gasteiger partial charge in [-0.3, -0.25) is 9.69 Å². The standard InChI is InChI=1S/C28H40F3NO2/c29-23-15-14-22(27(30)28(23)31)26-21(16-25(33)34)12-7-13-24(26)32(17-19-8-3-1-4-9-19)18-20-10-5-2-6-11-20/h14-15,19-21,24,26H,1-13,16-18H2,(H,33,34). The van der Waals surface area contributed by atoms with E-state index in [1.807, 2.05) is 0 Å². The van der Waals surface area contributed by atoms with Crippen molar-refractivity contribution in [2.75, 3.05) is 13.1 Å². The van der Waals surface area contributed by atoms with Gasteiger partial charge in [0, 0.05) is 31.5 Å². The van der Waals surface area contributed by atoms with E-state index in [0.717, 1.165) is 32.0 Å². The number of hydrogen-bond donors (Lipinski definition) is 1. The van der Waals surface area contributed by atoms with Crippen LogP contribution in [-0.2, 0) is 4.79 Å². The van der Waals surface area contributed by atoms with E-state index in [-0.39, 0.29) is 23.9 Å². The Hall–Kier alpha value is -1.56. The average molecular weight is 480 g/mol. The fraction of sp³-hybridized carbons (Fsp3) is 0.750. The fourth-order valence-corrected chi connectivity index (χ4v) is 7.13. The molecule has 3 saturated carbocycles. The summed E-state index contributed by atoms with van der Waals surface area (Å²) in [5.74, 6) is -4.19. The molecule has 1 N–H and O–H groups in total.